The van der Waals surface area contributed by atoms with Crippen molar-refractivity contribution in [2.75, 3.05) is 24.5 Å². The first-order valence-corrected chi connectivity index (χ1v) is 7.47. The molecule has 1 atom stereocenters. The summed E-state index contributed by atoms with van der Waals surface area (Å²) < 4.78 is 0. The van der Waals surface area contributed by atoms with Crippen molar-refractivity contribution in [1.82, 2.24) is 5.32 Å². The third-order valence-corrected chi connectivity index (χ3v) is 3.99. The molecule has 0 radical (unpaired) electrons. The van der Waals surface area contributed by atoms with Crippen LogP contribution in [0, 0.1) is 0 Å². The predicted molar refractivity (Wildman–Crippen MR) is 85.6 cm³/mol. The number of nitrogens with zero attached hydrogens (tertiary/aromatic N) is 1. The standard InChI is InChI=1S/C17H19ClN2/c18-15-7-4-8-17(12-15)20-10-9-19-16(13-20)11-14-5-2-1-3-6-14/h1-8,12,16,19H,9-11,13H2. The van der Waals surface area contributed by atoms with E-state index in [1.54, 1.807) is 0 Å². The van der Waals surface area contributed by atoms with E-state index in [0.29, 0.717) is 6.04 Å². The van der Waals surface area contributed by atoms with Gasteiger partial charge in [0.05, 0.1) is 0 Å². The number of piperazine rings is 1. The van der Waals surface area contributed by atoms with Gasteiger partial charge in [-0.3, -0.25) is 0 Å². The van der Waals surface area contributed by atoms with Crippen LogP contribution in [0.5, 0.6) is 0 Å². The molecule has 0 spiro atoms. The fourth-order valence-electron chi connectivity index (χ4n) is 2.77. The number of halogens is 1. The number of hydrogen-bond donors (Lipinski definition) is 1. The van der Waals surface area contributed by atoms with Gasteiger partial charge in [0.2, 0.25) is 0 Å². The van der Waals surface area contributed by atoms with E-state index >= 15 is 0 Å². The number of anilines is 1. The molecule has 20 heavy (non-hydrogen) atoms. The minimum Gasteiger partial charge on any atom is -0.369 e. The molecule has 0 bridgehead atoms. The molecule has 0 saturated carbocycles. The Morgan fingerprint density at radius 3 is 2.75 bits per heavy atom. The van der Waals surface area contributed by atoms with Crippen molar-refractivity contribution >= 4 is 17.3 Å². The van der Waals surface area contributed by atoms with Gasteiger partial charge in [0.25, 0.3) is 0 Å². The van der Waals surface area contributed by atoms with Crippen LogP contribution in [0.3, 0.4) is 0 Å². The van der Waals surface area contributed by atoms with Crippen LogP contribution in [-0.4, -0.2) is 25.7 Å². The van der Waals surface area contributed by atoms with Crippen molar-refractivity contribution in [3.8, 4) is 0 Å². The van der Waals surface area contributed by atoms with E-state index < -0.39 is 0 Å². The topological polar surface area (TPSA) is 15.3 Å². The van der Waals surface area contributed by atoms with Gasteiger partial charge in [0.1, 0.15) is 0 Å². The molecule has 1 aliphatic rings. The van der Waals surface area contributed by atoms with E-state index in [-0.39, 0.29) is 0 Å². The maximum atomic E-state index is 6.09. The molecule has 1 saturated heterocycles. The molecule has 2 aromatic rings. The molecule has 1 unspecified atom stereocenters. The molecule has 3 heteroatoms. The summed E-state index contributed by atoms with van der Waals surface area (Å²) in [7, 11) is 0. The summed E-state index contributed by atoms with van der Waals surface area (Å²) in [5.41, 5.74) is 2.61. The fraction of sp³-hybridized carbons (Fsp3) is 0.294. The summed E-state index contributed by atoms with van der Waals surface area (Å²) in [5.74, 6) is 0. The molecule has 1 heterocycles. The molecular weight excluding hydrogens is 268 g/mol. The lowest BCUT2D eigenvalue weighted by molar-refractivity contribution is 0.455. The zero-order valence-corrected chi connectivity index (χ0v) is 12.2. The molecule has 104 valence electrons. The van der Waals surface area contributed by atoms with E-state index in [1.807, 2.05) is 18.2 Å². The minimum absolute atomic E-state index is 0.491. The Hall–Kier alpha value is -1.51. The van der Waals surface area contributed by atoms with Gasteiger partial charge in [-0.15, -0.1) is 0 Å². The molecule has 1 fully saturated rings. The van der Waals surface area contributed by atoms with Crippen molar-refractivity contribution in [3.63, 3.8) is 0 Å². The molecule has 1 aliphatic heterocycles. The zero-order chi connectivity index (χ0) is 13.8. The third-order valence-electron chi connectivity index (χ3n) is 3.75. The summed E-state index contributed by atoms with van der Waals surface area (Å²) in [5, 5.41) is 4.41. The molecule has 1 N–H and O–H groups in total. The highest BCUT2D eigenvalue weighted by Gasteiger charge is 2.19. The Bertz CT molecular complexity index is 556. The van der Waals surface area contributed by atoms with Crippen LogP contribution in [0.15, 0.2) is 54.6 Å². The average molecular weight is 287 g/mol. The van der Waals surface area contributed by atoms with Crippen LogP contribution in [0.2, 0.25) is 5.02 Å². The first-order valence-electron chi connectivity index (χ1n) is 7.09. The van der Waals surface area contributed by atoms with Crippen LogP contribution < -0.4 is 10.2 Å². The molecule has 2 nitrogen and oxygen atoms in total. The second-order valence-electron chi connectivity index (χ2n) is 5.27. The quantitative estimate of drug-likeness (QED) is 0.931. The average Bonchev–Trinajstić information content (AvgIpc) is 2.49. The van der Waals surface area contributed by atoms with Crippen molar-refractivity contribution < 1.29 is 0 Å². The highest BCUT2D eigenvalue weighted by Crippen LogP contribution is 2.21. The summed E-state index contributed by atoms with van der Waals surface area (Å²) in [6.07, 6.45) is 1.07. The van der Waals surface area contributed by atoms with Gasteiger partial charge in [-0.1, -0.05) is 48.0 Å². The lowest BCUT2D eigenvalue weighted by Crippen LogP contribution is -2.51. The van der Waals surface area contributed by atoms with Crippen molar-refractivity contribution in [2.24, 2.45) is 0 Å². The summed E-state index contributed by atoms with van der Waals surface area (Å²) >= 11 is 6.09. The van der Waals surface area contributed by atoms with Crippen LogP contribution in [0.25, 0.3) is 0 Å². The third kappa shape index (κ3) is 3.33. The number of benzene rings is 2. The van der Waals surface area contributed by atoms with Crippen LogP contribution in [-0.2, 0) is 6.42 Å². The second-order valence-corrected chi connectivity index (χ2v) is 5.70. The molecule has 2 aromatic carbocycles. The number of nitrogens with one attached hydrogen (secondary N) is 1. The Kier molecular flexibility index (Phi) is 4.24. The summed E-state index contributed by atoms with van der Waals surface area (Å²) in [6, 6.07) is 19.3. The summed E-state index contributed by atoms with van der Waals surface area (Å²) in [6.45, 7) is 3.07. The van der Waals surface area contributed by atoms with Crippen LogP contribution in [0.1, 0.15) is 5.56 Å². The molecule has 0 amide bonds. The Balaban J connectivity index is 1.67. The van der Waals surface area contributed by atoms with Crippen molar-refractivity contribution in [3.05, 3.63) is 65.2 Å². The van der Waals surface area contributed by atoms with Gasteiger partial charge in [0, 0.05) is 36.4 Å². The van der Waals surface area contributed by atoms with Crippen molar-refractivity contribution in [2.45, 2.75) is 12.5 Å². The van der Waals surface area contributed by atoms with Crippen LogP contribution >= 0.6 is 11.6 Å². The van der Waals surface area contributed by atoms with Crippen LogP contribution in [0.4, 0.5) is 5.69 Å². The summed E-state index contributed by atoms with van der Waals surface area (Å²) in [4.78, 5) is 2.41. The van der Waals surface area contributed by atoms with Gasteiger partial charge in [-0.25, -0.2) is 0 Å². The smallest absolute Gasteiger partial charge is 0.0426 e. The van der Waals surface area contributed by atoms with Gasteiger partial charge in [-0.05, 0) is 30.2 Å². The first-order chi connectivity index (χ1) is 9.81. The van der Waals surface area contributed by atoms with E-state index in [9.17, 15) is 0 Å². The number of hydrogen-bond acceptors (Lipinski definition) is 2. The maximum Gasteiger partial charge on any atom is 0.0426 e. The largest absolute Gasteiger partial charge is 0.369 e. The van der Waals surface area contributed by atoms with Crippen molar-refractivity contribution in [1.29, 1.82) is 0 Å². The van der Waals surface area contributed by atoms with Gasteiger partial charge < -0.3 is 10.2 Å². The highest BCUT2D eigenvalue weighted by molar-refractivity contribution is 6.30. The van der Waals surface area contributed by atoms with E-state index in [1.165, 1.54) is 11.3 Å². The van der Waals surface area contributed by atoms with Gasteiger partial charge in [0.15, 0.2) is 0 Å². The van der Waals surface area contributed by atoms with E-state index in [4.69, 9.17) is 11.6 Å². The van der Waals surface area contributed by atoms with E-state index in [0.717, 1.165) is 31.1 Å². The molecule has 3 rings (SSSR count). The normalized spacial score (nSPS) is 19.1. The van der Waals surface area contributed by atoms with Gasteiger partial charge in [-0.2, -0.15) is 0 Å². The lowest BCUT2D eigenvalue weighted by Gasteiger charge is -2.35. The Morgan fingerprint density at radius 2 is 1.95 bits per heavy atom. The highest BCUT2D eigenvalue weighted by atomic mass is 35.5. The molecule has 0 aliphatic carbocycles. The maximum absolute atomic E-state index is 6.09. The second kappa shape index (κ2) is 6.29. The minimum atomic E-state index is 0.491. The lowest BCUT2D eigenvalue weighted by atomic mass is 10.0. The molecular formula is C17H19ClN2. The monoisotopic (exact) mass is 286 g/mol. The first kappa shape index (κ1) is 13.5. The predicted octanol–water partition coefficient (Wildman–Crippen LogP) is 3.36. The Morgan fingerprint density at radius 1 is 1.10 bits per heavy atom. The van der Waals surface area contributed by atoms with E-state index in [2.05, 4.69) is 46.6 Å². The number of rotatable bonds is 3. The fourth-order valence-corrected chi connectivity index (χ4v) is 2.95. The zero-order valence-electron chi connectivity index (χ0n) is 11.4. The molecule has 0 aromatic heterocycles. The SMILES string of the molecule is Clc1cccc(N2CCNC(Cc3ccccc3)C2)c1. The van der Waals surface area contributed by atoms with Gasteiger partial charge >= 0.3 is 0 Å². The Labute approximate surface area is 125 Å².